The molecule has 0 saturated heterocycles. The van der Waals surface area contributed by atoms with Crippen LogP contribution in [0.2, 0.25) is 0 Å². The lowest BCUT2D eigenvalue weighted by Gasteiger charge is -2.21. The van der Waals surface area contributed by atoms with E-state index >= 15 is 0 Å². The van der Waals surface area contributed by atoms with Crippen molar-refractivity contribution in [3.63, 3.8) is 0 Å². The molecule has 0 rings (SSSR count). The van der Waals surface area contributed by atoms with Gasteiger partial charge in [-0.25, -0.2) is 9.59 Å². The molecule has 0 fully saturated rings. The Hall–Kier alpha value is -2.27. The molecule has 0 aliphatic rings. The Balaban J connectivity index is 0. The van der Waals surface area contributed by atoms with Crippen molar-refractivity contribution in [2.75, 3.05) is 52.6 Å². The molecule has 0 radical (unpaired) electrons. The van der Waals surface area contributed by atoms with Crippen LogP contribution >= 0.6 is 0 Å². The molecule has 10 nitrogen and oxygen atoms in total. The fourth-order valence-electron chi connectivity index (χ4n) is 3.71. The van der Waals surface area contributed by atoms with Crippen LogP contribution in [0.3, 0.4) is 0 Å². The molecule has 0 aliphatic heterocycles. The molecular weight excluding hydrogens is 516 g/mol. The Bertz CT molecular complexity index is 652. The van der Waals surface area contributed by atoms with E-state index in [-0.39, 0.29) is 45.4 Å². The number of hydrogen-bond donors (Lipinski definition) is 5. The van der Waals surface area contributed by atoms with Gasteiger partial charge in [0, 0.05) is 38.2 Å². The van der Waals surface area contributed by atoms with E-state index in [9.17, 15) is 14.4 Å². The predicted octanol–water partition coefficient (Wildman–Crippen LogP) is 3.59. The van der Waals surface area contributed by atoms with Gasteiger partial charge in [-0.3, -0.25) is 4.79 Å². The maximum absolute atomic E-state index is 12.3. The predicted molar refractivity (Wildman–Crippen MR) is 158 cm³/mol. The first-order chi connectivity index (χ1) is 19.4. The van der Waals surface area contributed by atoms with E-state index in [1.807, 2.05) is 0 Å². The summed E-state index contributed by atoms with van der Waals surface area (Å²) in [5.41, 5.74) is 0. The highest BCUT2D eigenvalue weighted by atomic mass is 16.5. The topological polar surface area (TPSA) is 157 Å². The first-order valence-electron chi connectivity index (χ1n) is 15.0. The van der Waals surface area contributed by atoms with Gasteiger partial charge in [0.2, 0.25) is 5.91 Å². The number of hydrogen-bond acceptors (Lipinski definition) is 8. The number of rotatable bonds is 26. The quantitative estimate of drug-likeness (QED) is 0.0452. The minimum atomic E-state index is -1.23. The van der Waals surface area contributed by atoms with Crippen molar-refractivity contribution < 1.29 is 39.5 Å². The molecule has 40 heavy (non-hydrogen) atoms. The van der Waals surface area contributed by atoms with E-state index in [4.69, 9.17) is 25.2 Å². The van der Waals surface area contributed by atoms with Crippen molar-refractivity contribution in [2.24, 2.45) is 0 Å². The summed E-state index contributed by atoms with van der Waals surface area (Å²) in [4.78, 5) is 35.5. The van der Waals surface area contributed by atoms with Gasteiger partial charge in [-0.2, -0.15) is 0 Å². The summed E-state index contributed by atoms with van der Waals surface area (Å²) in [6.07, 6.45) is 22.1. The van der Waals surface area contributed by atoms with Gasteiger partial charge in [0.1, 0.15) is 6.61 Å². The van der Waals surface area contributed by atoms with Crippen LogP contribution in [0.5, 0.6) is 0 Å². The molecule has 0 aromatic carbocycles. The SMILES string of the molecule is CCCCCCCC/C=C/CCCCCCCC(=O)N(CCO)CCOC(=O)/C=C/C(=O)O.OCCNCCO. The maximum atomic E-state index is 12.3. The molecule has 0 heterocycles. The zero-order valence-corrected chi connectivity index (χ0v) is 24.7. The third-order valence-corrected chi connectivity index (χ3v) is 5.92. The van der Waals surface area contributed by atoms with Gasteiger partial charge in [-0.05, 0) is 32.1 Å². The van der Waals surface area contributed by atoms with Gasteiger partial charge < -0.3 is 35.4 Å². The summed E-state index contributed by atoms with van der Waals surface area (Å²) < 4.78 is 4.88. The van der Waals surface area contributed by atoms with Crippen LogP contribution < -0.4 is 5.32 Å². The van der Waals surface area contributed by atoms with Gasteiger partial charge in [0.05, 0.1) is 26.4 Å². The molecule has 234 valence electrons. The van der Waals surface area contributed by atoms with E-state index in [1.165, 1.54) is 56.3 Å². The standard InChI is InChI=1S/C26H45NO6.C4H11NO2/c1-2-3-4-5-6-7-8-9-10-11-12-13-14-15-16-17-24(29)27(20-22-28)21-23-33-26(32)19-18-25(30)31;6-3-1-5-2-4-7/h9-10,18-19,28H,2-8,11-17,20-23H2,1H3,(H,30,31);5-7H,1-4H2/b10-9+,19-18+;. The largest absolute Gasteiger partial charge is 0.478 e. The Morgan fingerprint density at radius 1 is 0.725 bits per heavy atom. The first kappa shape index (κ1) is 39.9. The summed E-state index contributed by atoms with van der Waals surface area (Å²) in [6, 6.07) is 0. The van der Waals surface area contributed by atoms with E-state index in [0.717, 1.165) is 38.2 Å². The molecule has 1 amide bonds. The van der Waals surface area contributed by atoms with Crippen molar-refractivity contribution in [3.05, 3.63) is 24.3 Å². The van der Waals surface area contributed by atoms with Crippen LogP contribution in [0.15, 0.2) is 24.3 Å². The third-order valence-electron chi connectivity index (χ3n) is 5.92. The van der Waals surface area contributed by atoms with Crippen LogP contribution in [-0.4, -0.2) is 95.8 Å². The minimum Gasteiger partial charge on any atom is -0.478 e. The van der Waals surface area contributed by atoms with Crippen LogP contribution in [0.4, 0.5) is 0 Å². The number of esters is 1. The number of unbranched alkanes of at least 4 members (excludes halogenated alkanes) is 11. The number of carboxylic acid groups (broad SMARTS) is 1. The highest BCUT2D eigenvalue weighted by Crippen LogP contribution is 2.10. The Morgan fingerprint density at radius 2 is 1.27 bits per heavy atom. The Kier molecular flexibility index (Phi) is 32.8. The van der Waals surface area contributed by atoms with E-state index in [0.29, 0.717) is 25.6 Å². The second kappa shape index (κ2) is 32.9. The van der Waals surface area contributed by atoms with E-state index in [1.54, 1.807) is 0 Å². The van der Waals surface area contributed by atoms with Crippen molar-refractivity contribution in [1.29, 1.82) is 0 Å². The fourth-order valence-corrected chi connectivity index (χ4v) is 3.71. The van der Waals surface area contributed by atoms with Gasteiger partial charge >= 0.3 is 11.9 Å². The smallest absolute Gasteiger partial charge is 0.331 e. The molecule has 0 atom stereocenters. The number of nitrogens with zero attached hydrogens (tertiary/aromatic N) is 1. The average Bonchev–Trinajstić information content (AvgIpc) is 2.94. The Labute approximate surface area is 241 Å². The molecule has 0 unspecified atom stereocenters. The summed E-state index contributed by atoms with van der Waals surface area (Å²) in [6.45, 7) is 3.82. The lowest BCUT2D eigenvalue weighted by Crippen LogP contribution is -2.36. The molecular formula is C30H56N2O8. The Morgan fingerprint density at radius 3 is 1.80 bits per heavy atom. The van der Waals surface area contributed by atoms with E-state index in [2.05, 4.69) is 24.4 Å². The zero-order chi connectivity index (χ0) is 30.1. The lowest BCUT2D eigenvalue weighted by molar-refractivity contribution is -0.141. The van der Waals surface area contributed by atoms with Gasteiger partial charge in [-0.15, -0.1) is 0 Å². The second-order valence-corrected chi connectivity index (χ2v) is 9.47. The summed E-state index contributed by atoms with van der Waals surface area (Å²) >= 11 is 0. The molecule has 5 N–H and O–H groups in total. The number of aliphatic hydroxyl groups excluding tert-OH is 3. The van der Waals surface area contributed by atoms with Gasteiger partial charge in [-0.1, -0.05) is 70.4 Å². The number of carbonyl (C=O) groups excluding carboxylic acids is 2. The summed E-state index contributed by atoms with van der Waals surface area (Å²) in [7, 11) is 0. The van der Waals surface area contributed by atoms with Gasteiger partial charge in [0.15, 0.2) is 0 Å². The second-order valence-electron chi connectivity index (χ2n) is 9.47. The number of aliphatic carboxylic acids is 1. The van der Waals surface area contributed by atoms with Crippen molar-refractivity contribution in [2.45, 2.75) is 96.8 Å². The summed E-state index contributed by atoms with van der Waals surface area (Å²) in [5, 5.41) is 36.7. The molecule has 0 spiro atoms. The van der Waals surface area contributed by atoms with E-state index < -0.39 is 11.9 Å². The molecule has 0 aromatic heterocycles. The van der Waals surface area contributed by atoms with Crippen molar-refractivity contribution >= 4 is 17.8 Å². The zero-order valence-electron chi connectivity index (χ0n) is 24.7. The number of nitrogens with one attached hydrogen (secondary N) is 1. The lowest BCUT2D eigenvalue weighted by atomic mass is 10.1. The highest BCUT2D eigenvalue weighted by Gasteiger charge is 2.13. The third kappa shape index (κ3) is 31.9. The normalized spacial score (nSPS) is 11.0. The van der Waals surface area contributed by atoms with Crippen molar-refractivity contribution in [3.8, 4) is 0 Å². The number of amides is 1. The van der Waals surface area contributed by atoms with Gasteiger partial charge in [0.25, 0.3) is 0 Å². The van der Waals surface area contributed by atoms with Crippen molar-refractivity contribution in [1.82, 2.24) is 10.2 Å². The fraction of sp³-hybridized carbons (Fsp3) is 0.767. The molecule has 0 bridgehead atoms. The number of aliphatic hydroxyl groups is 3. The number of carbonyl (C=O) groups is 3. The molecule has 0 saturated carbocycles. The summed E-state index contributed by atoms with van der Waals surface area (Å²) in [5.74, 6) is -2.08. The van der Waals surface area contributed by atoms with Crippen LogP contribution in [-0.2, 0) is 19.1 Å². The van der Waals surface area contributed by atoms with Crippen LogP contribution in [0, 0.1) is 0 Å². The monoisotopic (exact) mass is 572 g/mol. The van der Waals surface area contributed by atoms with Crippen LogP contribution in [0.1, 0.15) is 96.8 Å². The molecule has 10 heteroatoms. The van der Waals surface area contributed by atoms with Crippen LogP contribution in [0.25, 0.3) is 0 Å². The average molecular weight is 573 g/mol. The number of allylic oxidation sites excluding steroid dienone is 2. The minimum absolute atomic E-state index is 0.0408. The highest BCUT2D eigenvalue weighted by molar-refractivity contribution is 5.90. The number of ether oxygens (including phenoxy) is 1. The molecule has 0 aliphatic carbocycles. The number of carboxylic acids is 1. The maximum Gasteiger partial charge on any atom is 0.331 e. The molecule has 0 aromatic rings. The first-order valence-corrected chi connectivity index (χ1v) is 15.0.